The molecule has 1 aliphatic heterocycles. The molecule has 2 rings (SSSR count). The highest BCUT2D eigenvalue weighted by Crippen LogP contribution is 2.30. The normalized spacial score (nSPS) is 34.6. The summed E-state index contributed by atoms with van der Waals surface area (Å²) in [7, 11) is 0. The van der Waals surface area contributed by atoms with Crippen LogP contribution < -0.4 is 5.32 Å². The molecule has 0 amide bonds. The van der Waals surface area contributed by atoms with Crippen LogP contribution in [0.15, 0.2) is 0 Å². The van der Waals surface area contributed by atoms with Crippen molar-refractivity contribution in [1.29, 1.82) is 0 Å². The molecule has 3 atom stereocenters. The van der Waals surface area contributed by atoms with E-state index in [1.807, 2.05) is 0 Å². The summed E-state index contributed by atoms with van der Waals surface area (Å²) in [6, 6.07) is 2.37. The first-order valence-corrected chi connectivity index (χ1v) is 9.23. The van der Waals surface area contributed by atoms with E-state index in [9.17, 15) is 0 Å². The Morgan fingerprint density at radius 1 is 0.950 bits per heavy atom. The maximum atomic E-state index is 3.77. The van der Waals surface area contributed by atoms with Crippen molar-refractivity contribution < 1.29 is 0 Å². The minimum absolute atomic E-state index is 0.745. The molecule has 20 heavy (non-hydrogen) atoms. The number of rotatable bonds is 4. The molecule has 1 heterocycles. The Balaban J connectivity index is 1.89. The van der Waals surface area contributed by atoms with Crippen molar-refractivity contribution in [1.82, 2.24) is 10.2 Å². The van der Waals surface area contributed by atoms with E-state index in [1.165, 1.54) is 70.9 Å². The zero-order chi connectivity index (χ0) is 14.4. The van der Waals surface area contributed by atoms with Gasteiger partial charge in [-0.05, 0) is 45.1 Å². The number of likely N-dealkylation sites (tertiary alicyclic amines) is 1. The third-order valence-corrected chi connectivity index (χ3v) is 5.82. The highest BCUT2D eigenvalue weighted by Gasteiger charge is 2.35. The fraction of sp³-hybridized carbons (Fsp3) is 1.00. The van der Waals surface area contributed by atoms with Gasteiger partial charge in [-0.25, -0.2) is 0 Å². The van der Waals surface area contributed by atoms with Crippen molar-refractivity contribution in [3.8, 4) is 0 Å². The lowest BCUT2D eigenvalue weighted by molar-refractivity contribution is 0.0363. The second-order valence-corrected chi connectivity index (χ2v) is 7.19. The standard InChI is InChI=1S/C18H36N2/c1-4-13-19-18-12-14-20(16(3)15(18)2)17-10-8-6-5-7-9-11-17/h15-19H,4-14H2,1-3H3. The molecule has 0 radical (unpaired) electrons. The van der Waals surface area contributed by atoms with Gasteiger partial charge in [0.1, 0.15) is 0 Å². The molecule has 2 heteroatoms. The van der Waals surface area contributed by atoms with E-state index in [0.717, 1.165) is 24.0 Å². The molecule has 3 unspecified atom stereocenters. The van der Waals surface area contributed by atoms with Crippen LogP contribution in [0.1, 0.15) is 78.6 Å². The topological polar surface area (TPSA) is 15.3 Å². The lowest BCUT2D eigenvalue weighted by Crippen LogP contribution is -2.56. The van der Waals surface area contributed by atoms with Crippen LogP contribution in [-0.4, -0.2) is 36.1 Å². The van der Waals surface area contributed by atoms with Crippen molar-refractivity contribution in [3.63, 3.8) is 0 Å². The molecule has 0 aromatic heterocycles. The zero-order valence-electron chi connectivity index (χ0n) is 14.0. The van der Waals surface area contributed by atoms with Gasteiger partial charge in [-0.15, -0.1) is 0 Å². The number of nitrogens with zero attached hydrogens (tertiary/aromatic N) is 1. The van der Waals surface area contributed by atoms with Gasteiger partial charge >= 0.3 is 0 Å². The Morgan fingerprint density at radius 3 is 2.25 bits per heavy atom. The summed E-state index contributed by atoms with van der Waals surface area (Å²) in [5, 5.41) is 3.77. The lowest BCUT2D eigenvalue weighted by Gasteiger charge is -2.47. The highest BCUT2D eigenvalue weighted by atomic mass is 15.2. The Kier molecular flexibility index (Phi) is 6.83. The van der Waals surface area contributed by atoms with Crippen LogP contribution in [0, 0.1) is 5.92 Å². The molecule has 2 nitrogen and oxygen atoms in total. The quantitative estimate of drug-likeness (QED) is 0.830. The molecule has 1 saturated carbocycles. The Hall–Kier alpha value is -0.0800. The molecule has 1 saturated heterocycles. The molecule has 0 aromatic rings. The molecule has 2 aliphatic rings. The highest BCUT2D eigenvalue weighted by molar-refractivity contribution is 4.91. The average molecular weight is 280 g/mol. The molecule has 2 fully saturated rings. The summed E-state index contributed by atoms with van der Waals surface area (Å²) in [6.07, 6.45) is 12.8. The predicted octanol–water partition coefficient (Wildman–Crippen LogP) is 4.20. The van der Waals surface area contributed by atoms with Crippen LogP contribution in [0.2, 0.25) is 0 Å². The van der Waals surface area contributed by atoms with E-state index in [2.05, 4.69) is 31.0 Å². The molecule has 1 N–H and O–H groups in total. The van der Waals surface area contributed by atoms with Crippen molar-refractivity contribution in [2.24, 2.45) is 5.92 Å². The largest absolute Gasteiger partial charge is 0.314 e. The van der Waals surface area contributed by atoms with Gasteiger partial charge in [0.15, 0.2) is 0 Å². The second-order valence-electron chi connectivity index (χ2n) is 7.19. The van der Waals surface area contributed by atoms with E-state index in [0.29, 0.717) is 0 Å². The van der Waals surface area contributed by atoms with Crippen LogP contribution in [0.5, 0.6) is 0 Å². The minimum Gasteiger partial charge on any atom is -0.314 e. The fourth-order valence-corrected chi connectivity index (χ4v) is 4.29. The van der Waals surface area contributed by atoms with E-state index in [-0.39, 0.29) is 0 Å². The number of piperidine rings is 1. The first-order chi connectivity index (χ1) is 9.74. The maximum absolute atomic E-state index is 3.77. The van der Waals surface area contributed by atoms with Crippen LogP contribution >= 0.6 is 0 Å². The Labute approximate surface area is 126 Å². The number of hydrogen-bond acceptors (Lipinski definition) is 2. The predicted molar refractivity (Wildman–Crippen MR) is 88.1 cm³/mol. The summed E-state index contributed by atoms with van der Waals surface area (Å²) < 4.78 is 0. The van der Waals surface area contributed by atoms with E-state index in [4.69, 9.17) is 0 Å². The van der Waals surface area contributed by atoms with E-state index >= 15 is 0 Å². The first kappa shape index (κ1) is 16.3. The van der Waals surface area contributed by atoms with Crippen LogP contribution in [0.4, 0.5) is 0 Å². The number of nitrogens with one attached hydrogen (secondary N) is 1. The monoisotopic (exact) mass is 280 g/mol. The van der Waals surface area contributed by atoms with E-state index < -0.39 is 0 Å². The lowest BCUT2D eigenvalue weighted by atomic mass is 9.84. The van der Waals surface area contributed by atoms with Gasteiger partial charge in [0.05, 0.1) is 0 Å². The first-order valence-electron chi connectivity index (χ1n) is 9.23. The van der Waals surface area contributed by atoms with Crippen molar-refractivity contribution in [2.45, 2.75) is 96.7 Å². The molecular formula is C18H36N2. The van der Waals surface area contributed by atoms with Gasteiger partial charge < -0.3 is 5.32 Å². The second kappa shape index (κ2) is 8.38. The Bertz CT molecular complexity index is 258. The Morgan fingerprint density at radius 2 is 1.60 bits per heavy atom. The molecule has 0 spiro atoms. The summed E-state index contributed by atoms with van der Waals surface area (Å²) in [4.78, 5) is 2.86. The SMILES string of the molecule is CCCNC1CCN(C2CCCCCCC2)C(C)C1C. The molecule has 0 aromatic carbocycles. The average Bonchev–Trinajstić information content (AvgIpc) is 2.41. The number of hydrogen-bond donors (Lipinski definition) is 1. The molecular weight excluding hydrogens is 244 g/mol. The van der Waals surface area contributed by atoms with Crippen molar-refractivity contribution in [3.05, 3.63) is 0 Å². The van der Waals surface area contributed by atoms with Crippen molar-refractivity contribution in [2.75, 3.05) is 13.1 Å². The molecule has 1 aliphatic carbocycles. The smallest absolute Gasteiger partial charge is 0.0120 e. The van der Waals surface area contributed by atoms with Crippen LogP contribution in [-0.2, 0) is 0 Å². The van der Waals surface area contributed by atoms with E-state index in [1.54, 1.807) is 0 Å². The van der Waals surface area contributed by atoms with Crippen molar-refractivity contribution >= 4 is 0 Å². The van der Waals surface area contributed by atoms with Gasteiger partial charge in [-0.3, -0.25) is 4.90 Å². The van der Waals surface area contributed by atoms with Gasteiger partial charge in [0.2, 0.25) is 0 Å². The minimum atomic E-state index is 0.745. The summed E-state index contributed by atoms with van der Waals surface area (Å²) >= 11 is 0. The van der Waals surface area contributed by atoms with Gasteiger partial charge in [0.25, 0.3) is 0 Å². The third-order valence-electron chi connectivity index (χ3n) is 5.82. The molecule has 118 valence electrons. The van der Waals surface area contributed by atoms with Gasteiger partial charge in [0, 0.05) is 24.7 Å². The third kappa shape index (κ3) is 4.21. The van der Waals surface area contributed by atoms with Gasteiger partial charge in [-0.2, -0.15) is 0 Å². The maximum Gasteiger partial charge on any atom is 0.0120 e. The van der Waals surface area contributed by atoms with Crippen LogP contribution in [0.3, 0.4) is 0 Å². The van der Waals surface area contributed by atoms with Crippen LogP contribution in [0.25, 0.3) is 0 Å². The fourth-order valence-electron chi connectivity index (χ4n) is 4.29. The molecule has 0 bridgehead atoms. The van der Waals surface area contributed by atoms with Gasteiger partial charge in [-0.1, -0.05) is 46.0 Å². The summed E-state index contributed by atoms with van der Waals surface area (Å²) in [5.41, 5.74) is 0. The summed E-state index contributed by atoms with van der Waals surface area (Å²) in [5.74, 6) is 0.792. The summed E-state index contributed by atoms with van der Waals surface area (Å²) in [6.45, 7) is 9.71. The zero-order valence-corrected chi connectivity index (χ0v) is 14.0.